The highest BCUT2D eigenvalue weighted by Crippen LogP contribution is 2.16. The number of aliphatic hydroxyl groups excluding tert-OH is 2. The minimum Gasteiger partial charge on any atom is -0.466 e. The Morgan fingerprint density at radius 1 is 0.466 bits per heavy atom. The number of ether oxygens (including phenoxy) is 1. The van der Waals surface area contributed by atoms with Crippen LogP contribution in [0.4, 0.5) is 0 Å². The summed E-state index contributed by atoms with van der Waals surface area (Å²) >= 11 is 0. The van der Waals surface area contributed by atoms with Crippen LogP contribution >= 0.6 is 0 Å². The molecule has 58 heavy (non-hydrogen) atoms. The number of carbonyl (C=O) groups excluding carboxylic acids is 2. The minimum atomic E-state index is -0.847. The van der Waals surface area contributed by atoms with Crippen molar-refractivity contribution in [1.82, 2.24) is 5.32 Å². The third-order valence-corrected chi connectivity index (χ3v) is 12.1. The van der Waals surface area contributed by atoms with Gasteiger partial charge in [0.05, 0.1) is 25.4 Å². The molecule has 0 aromatic rings. The molecule has 3 N–H and O–H groups in total. The molecule has 0 aliphatic carbocycles. The van der Waals surface area contributed by atoms with Crippen LogP contribution in [0, 0.1) is 0 Å². The Morgan fingerprint density at radius 3 is 1.17 bits per heavy atom. The summed E-state index contributed by atoms with van der Waals surface area (Å²) in [7, 11) is 0. The molecule has 0 saturated heterocycles. The van der Waals surface area contributed by atoms with Gasteiger partial charge >= 0.3 is 5.97 Å². The van der Waals surface area contributed by atoms with Crippen molar-refractivity contribution in [2.45, 2.75) is 296 Å². The first kappa shape index (κ1) is 56.6. The minimum absolute atomic E-state index is 0.00282. The quantitative estimate of drug-likeness (QED) is 0.0323. The molecule has 6 heteroatoms. The Labute approximate surface area is 361 Å². The third kappa shape index (κ3) is 44.2. The molecule has 0 saturated carbocycles. The molecular weight excluding hydrogens is 719 g/mol. The molecule has 2 unspecified atom stereocenters. The molecule has 0 fully saturated rings. The summed E-state index contributed by atoms with van der Waals surface area (Å²) < 4.78 is 5.46. The highest BCUT2D eigenvalue weighted by atomic mass is 16.5. The molecule has 0 aromatic carbocycles. The van der Waals surface area contributed by atoms with Crippen molar-refractivity contribution in [3.63, 3.8) is 0 Å². The van der Waals surface area contributed by atoms with E-state index in [2.05, 4.69) is 19.2 Å². The first-order valence-corrected chi connectivity index (χ1v) is 26.0. The summed E-state index contributed by atoms with van der Waals surface area (Å²) in [6.45, 7) is 4.89. The molecule has 0 aromatic heterocycles. The molecule has 2 atom stereocenters. The first-order chi connectivity index (χ1) is 28.5. The number of unbranched alkanes of at least 4 members (excludes halogenated alkanes) is 37. The largest absolute Gasteiger partial charge is 0.466 e. The van der Waals surface area contributed by atoms with Gasteiger partial charge in [-0.1, -0.05) is 251 Å². The van der Waals surface area contributed by atoms with Gasteiger partial charge in [-0.15, -0.1) is 0 Å². The Hall–Kier alpha value is -1.40. The van der Waals surface area contributed by atoms with Crippen molar-refractivity contribution in [2.75, 3.05) is 13.2 Å². The van der Waals surface area contributed by atoms with Crippen LogP contribution in [-0.4, -0.2) is 47.4 Å². The number of hydrogen-bond acceptors (Lipinski definition) is 5. The Kier molecular flexibility index (Phi) is 47.1. The van der Waals surface area contributed by atoms with Crippen molar-refractivity contribution >= 4 is 11.9 Å². The van der Waals surface area contributed by atoms with Gasteiger partial charge in [-0.05, 0) is 32.1 Å². The van der Waals surface area contributed by atoms with Crippen molar-refractivity contribution in [3.8, 4) is 0 Å². The summed E-state index contributed by atoms with van der Waals surface area (Å²) in [6.07, 6.45) is 54.9. The fourth-order valence-electron chi connectivity index (χ4n) is 8.05. The van der Waals surface area contributed by atoms with E-state index < -0.39 is 12.1 Å². The molecule has 0 aliphatic heterocycles. The Bertz CT molecular complexity index is 863. The van der Waals surface area contributed by atoms with E-state index in [-0.39, 0.29) is 18.5 Å². The second-order valence-corrected chi connectivity index (χ2v) is 17.9. The number of rotatable bonds is 48. The maximum atomic E-state index is 12.4. The smallest absolute Gasteiger partial charge is 0.305 e. The van der Waals surface area contributed by atoms with E-state index in [9.17, 15) is 19.8 Å². The molecule has 0 heterocycles. The molecule has 6 nitrogen and oxygen atoms in total. The topological polar surface area (TPSA) is 95.9 Å². The number of allylic oxidation sites excluding steroid dienone is 1. The van der Waals surface area contributed by atoms with Crippen molar-refractivity contribution < 1.29 is 24.5 Å². The van der Waals surface area contributed by atoms with Gasteiger partial charge in [-0.25, -0.2) is 0 Å². The van der Waals surface area contributed by atoms with E-state index in [1.54, 1.807) is 6.08 Å². The van der Waals surface area contributed by atoms with Gasteiger partial charge in [-0.3, -0.25) is 9.59 Å². The van der Waals surface area contributed by atoms with Crippen LogP contribution < -0.4 is 5.32 Å². The van der Waals surface area contributed by atoms with Gasteiger partial charge in [0.1, 0.15) is 0 Å². The zero-order valence-electron chi connectivity index (χ0n) is 39.0. The second-order valence-electron chi connectivity index (χ2n) is 17.9. The highest BCUT2D eigenvalue weighted by Gasteiger charge is 2.18. The van der Waals surface area contributed by atoms with Crippen LogP contribution in [0.5, 0.6) is 0 Å². The van der Waals surface area contributed by atoms with Gasteiger partial charge in [0.15, 0.2) is 0 Å². The predicted molar refractivity (Wildman–Crippen MR) is 250 cm³/mol. The molecule has 0 radical (unpaired) electrons. The lowest BCUT2D eigenvalue weighted by Gasteiger charge is -2.20. The zero-order chi connectivity index (χ0) is 42.3. The first-order valence-electron chi connectivity index (χ1n) is 26.0. The molecule has 1 amide bonds. The third-order valence-electron chi connectivity index (χ3n) is 12.1. The summed E-state index contributed by atoms with van der Waals surface area (Å²) in [4.78, 5) is 24.4. The zero-order valence-corrected chi connectivity index (χ0v) is 39.0. The summed E-state index contributed by atoms with van der Waals surface area (Å²) in [5, 5.41) is 23.0. The van der Waals surface area contributed by atoms with E-state index in [1.165, 1.54) is 212 Å². The molecule has 0 spiro atoms. The number of hydrogen-bond donors (Lipinski definition) is 3. The molecule has 0 bridgehead atoms. The number of esters is 1. The van der Waals surface area contributed by atoms with Crippen molar-refractivity contribution in [2.24, 2.45) is 0 Å². The van der Waals surface area contributed by atoms with Gasteiger partial charge in [-0.2, -0.15) is 0 Å². The van der Waals surface area contributed by atoms with Crippen LogP contribution in [0.1, 0.15) is 284 Å². The fourth-order valence-corrected chi connectivity index (χ4v) is 8.05. The van der Waals surface area contributed by atoms with Crippen LogP contribution in [-0.2, 0) is 14.3 Å². The van der Waals surface area contributed by atoms with Gasteiger partial charge in [0.25, 0.3) is 0 Å². The average Bonchev–Trinajstić information content (AvgIpc) is 3.22. The van der Waals surface area contributed by atoms with Crippen molar-refractivity contribution in [3.05, 3.63) is 12.2 Å². The lowest BCUT2D eigenvalue weighted by atomic mass is 10.0. The maximum Gasteiger partial charge on any atom is 0.305 e. The lowest BCUT2D eigenvalue weighted by Crippen LogP contribution is -2.45. The highest BCUT2D eigenvalue weighted by molar-refractivity contribution is 5.76. The number of nitrogens with one attached hydrogen (secondary N) is 1. The fraction of sp³-hybridized carbons (Fsp3) is 0.923. The van der Waals surface area contributed by atoms with E-state index >= 15 is 0 Å². The normalized spacial score (nSPS) is 12.7. The summed E-state index contributed by atoms with van der Waals surface area (Å²) in [5.41, 5.74) is 0. The van der Waals surface area contributed by atoms with E-state index in [1.807, 2.05) is 6.08 Å². The maximum absolute atomic E-state index is 12.4. The van der Waals surface area contributed by atoms with Crippen LogP contribution in [0.25, 0.3) is 0 Å². The number of carbonyl (C=O) groups is 2. The Morgan fingerprint density at radius 2 is 0.793 bits per heavy atom. The SMILES string of the molecule is CCCCCCCCCCCCC/C=C/C(O)C(CO)NC(=O)CCCCCCCCCCCCCCCCCCOC(=O)CCCCCCCCCCCCCC. The molecule has 0 aliphatic rings. The standard InChI is InChI=1S/C52H101NO5/c1-3-5-7-9-11-13-15-21-24-28-32-36-40-44-50(55)49(48-54)53-51(56)45-41-37-33-29-25-22-19-17-18-20-23-27-31-35-39-43-47-58-52(57)46-42-38-34-30-26-16-14-12-10-8-6-4-2/h40,44,49-50,54-55H,3-39,41-43,45-48H2,1-2H3,(H,53,56)/b44-40+. The van der Waals surface area contributed by atoms with E-state index in [0.29, 0.717) is 19.4 Å². The molecule has 0 rings (SSSR count). The average molecular weight is 820 g/mol. The monoisotopic (exact) mass is 820 g/mol. The summed E-state index contributed by atoms with van der Waals surface area (Å²) in [6, 6.07) is -0.631. The van der Waals surface area contributed by atoms with Gasteiger partial charge in [0, 0.05) is 12.8 Å². The number of amides is 1. The predicted octanol–water partition coefficient (Wildman–Crippen LogP) is 15.3. The second kappa shape index (κ2) is 48.3. The van der Waals surface area contributed by atoms with Crippen LogP contribution in [0.15, 0.2) is 12.2 Å². The van der Waals surface area contributed by atoms with Crippen molar-refractivity contribution in [1.29, 1.82) is 0 Å². The van der Waals surface area contributed by atoms with Crippen LogP contribution in [0.2, 0.25) is 0 Å². The van der Waals surface area contributed by atoms with Crippen LogP contribution in [0.3, 0.4) is 0 Å². The van der Waals surface area contributed by atoms with E-state index in [0.717, 1.165) is 44.9 Å². The molecular formula is C52H101NO5. The number of aliphatic hydroxyl groups is 2. The molecule has 344 valence electrons. The van der Waals surface area contributed by atoms with Gasteiger partial charge in [0.2, 0.25) is 5.91 Å². The van der Waals surface area contributed by atoms with E-state index in [4.69, 9.17) is 4.74 Å². The lowest BCUT2D eigenvalue weighted by molar-refractivity contribution is -0.143. The summed E-state index contributed by atoms with van der Waals surface area (Å²) in [5.74, 6) is -0.0715. The Balaban J connectivity index is 3.44. The van der Waals surface area contributed by atoms with Gasteiger partial charge < -0.3 is 20.3 Å².